The zero-order valence-corrected chi connectivity index (χ0v) is 10.2. The number of hydrogen-bond acceptors (Lipinski definition) is 5. The summed E-state index contributed by atoms with van der Waals surface area (Å²) in [6, 6.07) is -0.00231. The Morgan fingerprint density at radius 3 is 3.00 bits per heavy atom. The minimum Gasteiger partial charge on any atom is -0.480 e. The number of methoxy groups -OCH3 is 1. The quantitative estimate of drug-likeness (QED) is 0.781. The Kier molecular flexibility index (Phi) is 5.37. The third-order valence-electron chi connectivity index (χ3n) is 2.35. The number of ether oxygens (including phenoxy) is 1. The summed E-state index contributed by atoms with van der Waals surface area (Å²) in [4.78, 5) is 16.8. The molecule has 0 aliphatic rings. The van der Waals surface area contributed by atoms with Gasteiger partial charge in [-0.1, -0.05) is 0 Å². The highest BCUT2D eigenvalue weighted by atomic mass is 32.1. The van der Waals surface area contributed by atoms with E-state index in [2.05, 4.69) is 4.98 Å². The Morgan fingerprint density at radius 2 is 2.50 bits per heavy atom. The van der Waals surface area contributed by atoms with Gasteiger partial charge in [0.1, 0.15) is 0 Å². The van der Waals surface area contributed by atoms with E-state index >= 15 is 0 Å². The third kappa shape index (κ3) is 3.88. The van der Waals surface area contributed by atoms with Crippen LogP contribution in [0.2, 0.25) is 0 Å². The topological polar surface area (TPSA) is 62.7 Å². The van der Waals surface area contributed by atoms with E-state index in [0.29, 0.717) is 13.2 Å². The van der Waals surface area contributed by atoms with Gasteiger partial charge in [0.25, 0.3) is 0 Å². The summed E-state index contributed by atoms with van der Waals surface area (Å²) < 4.78 is 4.97. The molecule has 5 nitrogen and oxygen atoms in total. The van der Waals surface area contributed by atoms with Crippen LogP contribution in [0.25, 0.3) is 0 Å². The fourth-order valence-corrected chi connectivity index (χ4v) is 2.05. The lowest BCUT2D eigenvalue weighted by molar-refractivity contribution is -0.139. The van der Waals surface area contributed by atoms with Crippen molar-refractivity contribution in [2.24, 2.45) is 0 Å². The molecule has 0 aliphatic carbocycles. The van der Waals surface area contributed by atoms with Gasteiger partial charge in [-0.2, -0.15) is 0 Å². The summed E-state index contributed by atoms with van der Waals surface area (Å²) in [6.07, 6.45) is 0. The molecule has 90 valence electrons. The average molecular weight is 244 g/mol. The predicted octanol–water partition coefficient (Wildman–Crippen LogP) is 1.24. The number of thiazole rings is 1. The lowest BCUT2D eigenvalue weighted by atomic mass is 10.2. The second-order valence-corrected chi connectivity index (χ2v) is 4.16. The van der Waals surface area contributed by atoms with Gasteiger partial charge in [0, 0.05) is 19.0 Å². The zero-order chi connectivity index (χ0) is 12.0. The number of carboxylic acids is 1. The maximum Gasteiger partial charge on any atom is 0.317 e. The Hall–Kier alpha value is -0.980. The fraction of sp³-hybridized carbons (Fsp3) is 0.600. The first-order valence-corrected chi connectivity index (χ1v) is 5.92. The lowest BCUT2D eigenvalue weighted by Gasteiger charge is -2.25. The molecule has 0 aliphatic heterocycles. The molecular formula is C10H16N2O3S. The summed E-state index contributed by atoms with van der Waals surface area (Å²) in [7, 11) is 1.60. The SMILES string of the molecule is COCCN(CC(=O)O)C(C)c1cscn1. The van der Waals surface area contributed by atoms with Gasteiger partial charge in [0.2, 0.25) is 0 Å². The largest absolute Gasteiger partial charge is 0.480 e. The van der Waals surface area contributed by atoms with Crippen LogP contribution in [0.15, 0.2) is 10.9 Å². The molecule has 1 rings (SSSR count). The number of carboxylic acid groups (broad SMARTS) is 1. The number of hydrogen-bond donors (Lipinski definition) is 1. The van der Waals surface area contributed by atoms with Gasteiger partial charge < -0.3 is 9.84 Å². The molecule has 0 aromatic carbocycles. The van der Waals surface area contributed by atoms with E-state index in [-0.39, 0.29) is 12.6 Å². The molecule has 1 atom stereocenters. The molecule has 1 heterocycles. The first-order valence-electron chi connectivity index (χ1n) is 4.98. The summed E-state index contributed by atoms with van der Waals surface area (Å²) >= 11 is 1.51. The van der Waals surface area contributed by atoms with Crippen LogP contribution in [0.5, 0.6) is 0 Å². The monoisotopic (exact) mass is 244 g/mol. The van der Waals surface area contributed by atoms with Gasteiger partial charge in [0.15, 0.2) is 0 Å². The normalized spacial score (nSPS) is 12.9. The summed E-state index contributed by atoms with van der Waals surface area (Å²) in [5, 5.41) is 10.8. The molecule has 0 spiro atoms. The van der Waals surface area contributed by atoms with Crippen LogP contribution in [-0.4, -0.2) is 47.8 Å². The maximum absolute atomic E-state index is 10.7. The van der Waals surface area contributed by atoms with Crippen molar-refractivity contribution in [2.45, 2.75) is 13.0 Å². The summed E-state index contributed by atoms with van der Waals surface area (Å²) in [6.45, 7) is 3.05. The highest BCUT2D eigenvalue weighted by Crippen LogP contribution is 2.19. The van der Waals surface area contributed by atoms with Crippen molar-refractivity contribution in [2.75, 3.05) is 26.8 Å². The Labute approximate surface area is 98.7 Å². The molecule has 6 heteroatoms. The molecule has 0 fully saturated rings. The Balaban J connectivity index is 2.63. The number of carbonyl (C=O) groups is 1. The van der Waals surface area contributed by atoms with Gasteiger partial charge in [-0.3, -0.25) is 9.69 Å². The van der Waals surface area contributed by atoms with Gasteiger partial charge in [-0.05, 0) is 6.92 Å². The van der Waals surface area contributed by atoms with Gasteiger partial charge >= 0.3 is 5.97 Å². The van der Waals surface area contributed by atoms with Crippen molar-refractivity contribution in [3.63, 3.8) is 0 Å². The Bertz CT molecular complexity index is 316. The van der Waals surface area contributed by atoms with E-state index in [1.165, 1.54) is 11.3 Å². The molecule has 1 aromatic rings. The lowest BCUT2D eigenvalue weighted by Crippen LogP contribution is -2.35. The molecule has 1 unspecified atom stereocenters. The summed E-state index contributed by atoms with van der Waals surface area (Å²) in [5.41, 5.74) is 2.66. The van der Waals surface area contributed by atoms with Gasteiger partial charge in [0.05, 0.1) is 30.4 Å². The molecular weight excluding hydrogens is 228 g/mol. The third-order valence-corrected chi connectivity index (χ3v) is 2.95. The van der Waals surface area contributed by atoms with E-state index in [4.69, 9.17) is 9.84 Å². The minimum atomic E-state index is -0.835. The number of nitrogens with zero attached hydrogens (tertiary/aromatic N) is 2. The molecule has 0 saturated heterocycles. The second-order valence-electron chi connectivity index (χ2n) is 3.45. The predicted molar refractivity (Wildman–Crippen MR) is 61.6 cm³/mol. The molecule has 0 bridgehead atoms. The van der Waals surface area contributed by atoms with Crippen LogP contribution in [0.3, 0.4) is 0 Å². The van der Waals surface area contributed by atoms with Crippen molar-refractivity contribution in [1.29, 1.82) is 0 Å². The highest BCUT2D eigenvalue weighted by molar-refractivity contribution is 7.07. The fourth-order valence-electron chi connectivity index (χ4n) is 1.41. The van der Waals surface area contributed by atoms with Crippen LogP contribution in [0, 0.1) is 0 Å². The standard InChI is InChI=1S/C10H16N2O3S/c1-8(9-6-16-7-11-9)12(3-4-15-2)5-10(13)14/h6-8H,3-5H2,1-2H3,(H,13,14). The Morgan fingerprint density at radius 1 is 1.75 bits per heavy atom. The van der Waals surface area contributed by atoms with E-state index in [0.717, 1.165) is 5.69 Å². The molecule has 1 aromatic heterocycles. The highest BCUT2D eigenvalue weighted by Gasteiger charge is 2.19. The smallest absolute Gasteiger partial charge is 0.317 e. The second kappa shape index (κ2) is 6.57. The van der Waals surface area contributed by atoms with Crippen LogP contribution in [-0.2, 0) is 9.53 Å². The average Bonchev–Trinajstić information content (AvgIpc) is 2.76. The van der Waals surface area contributed by atoms with E-state index < -0.39 is 5.97 Å². The number of rotatable bonds is 7. The van der Waals surface area contributed by atoms with Crippen molar-refractivity contribution in [1.82, 2.24) is 9.88 Å². The first kappa shape index (κ1) is 13.1. The van der Waals surface area contributed by atoms with Gasteiger partial charge in [-0.25, -0.2) is 4.98 Å². The molecule has 1 N–H and O–H groups in total. The first-order chi connectivity index (χ1) is 7.65. The minimum absolute atomic E-state index is 0.00204. The molecule has 0 radical (unpaired) electrons. The van der Waals surface area contributed by atoms with Crippen molar-refractivity contribution >= 4 is 17.3 Å². The van der Waals surface area contributed by atoms with Gasteiger partial charge in [-0.15, -0.1) is 11.3 Å². The van der Waals surface area contributed by atoms with Crippen molar-refractivity contribution in [3.05, 3.63) is 16.6 Å². The molecule has 16 heavy (non-hydrogen) atoms. The van der Waals surface area contributed by atoms with Crippen LogP contribution in [0.4, 0.5) is 0 Å². The van der Waals surface area contributed by atoms with E-state index in [9.17, 15) is 4.79 Å². The molecule has 0 amide bonds. The summed E-state index contributed by atoms with van der Waals surface area (Å²) in [5.74, 6) is -0.835. The molecule has 0 saturated carbocycles. The van der Waals surface area contributed by atoms with Crippen molar-refractivity contribution < 1.29 is 14.6 Å². The number of aliphatic carboxylic acids is 1. The van der Waals surface area contributed by atoms with Crippen LogP contribution >= 0.6 is 11.3 Å². The van der Waals surface area contributed by atoms with E-state index in [1.54, 1.807) is 12.6 Å². The van der Waals surface area contributed by atoms with Crippen LogP contribution in [0.1, 0.15) is 18.7 Å². The zero-order valence-electron chi connectivity index (χ0n) is 9.42. The maximum atomic E-state index is 10.7. The number of aromatic nitrogens is 1. The van der Waals surface area contributed by atoms with Crippen molar-refractivity contribution in [3.8, 4) is 0 Å². The van der Waals surface area contributed by atoms with E-state index in [1.807, 2.05) is 17.2 Å². The van der Waals surface area contributed by atoms with Crippen LogP contribution < -0.4 is 0 Å².